The van der Waals surface area contributed by atoms with E-state index in [0.29, 0.717) is 30.6 Å². The van der Waals surface area contributed by atoms with Gasteiger partial charge in [0.2, 0.25) is 10.0 Å². The number of hydrogen-bond acceptors (Lipinski definition) is 6. The lowest BCUT2D eigenvalue weighted by atomic mass is 9.87. The zero-order chi connectivity index (χ0) is 37.8. The molecule has 0 spiro atoms. The van der Waals surface area contributed by atoms with Gasteiger partial charge in [-0.3, -0.25) is 9.58 Å². The molecule has 1 aliphatic carbocycles. The van der Waals surface area contributed by atoms with E-state index in [1.807, 2.05) is 18.2 Å². The van der Waals surface area contributed by atoms with Gasteiger partial charge in [-0.25, -0.2) is 8.42 Å². The third-order valence-electron chi connectivity index (χ3n) is 11.4. The molecule has 0 amide bonds. The van der Waals surface area contributed by atoms with Gasteiger partial charge >= 0.3 is 0 Å². The van der Waals surface area contributed by atoms with Crippen molar-refractivity contribution in [2.24, 2.45) is 0 Å². The van der Waals surface area contributed by atoms with Gasteiger partial charge in [0.15, 0.2) is 0 Å². The largest absolute Gasteiger partial charge is 0.369 e. The van der Waals surface area contributed by atoms with Crippen LogP contribution in [0.1, 0.15) is 64.4 Å². The summed E-state index contributed by atoms with van der Waals surface area (Å²) in [5.41, 5.74) is 10.8. The van der Waals surface area contributed by atoms with Crippen LogP contribution in [0.25, 0.3) is 11.3 Å². The number of aryl methyl sites for hydroxylation is 2. The van der Waals surface area contributed by atoms with E-state index in [1.54, 1.807) is 4.31 Å². The van der Waals surface area contributed by atoms with Crippen molar-refractivity contribution in [3.05, 3.63) is 141 Å². The Kier molecular flexibility index (Phi) is 11.4. The lowest BCUT2D eigenvalue weighted by molar-refractivity contribution is 0.248. The third kappa shape index (κ3) is 8.85. The molecule has 0 radical (unpaired) electrons. The minimum atomic E-state index is -3.36. The Morgan fingerprint density at radius 3 is 2.44 bits per heavy atom. The molecule has 1 aromatic heterocycles. The molecule has 1 atom stereocenters. The lowest BCUT2D eigenvalue weighted by Crippen LogP contribution is -2.46. The molecule has 284 valence electrons. The van der Waals surface area contributed by atoms with Crippen LogP contribution in [0.15, 0.2) is 97.1 Å². The molecule has 8 rings (SSSR count). The van der Waals surface area contributed by atoms with Gasteiger partial charge in [-0.05, 0) is 78.8 Å². The van der Waals surface area contributed by atoms with Crippen LogP contribution in [0.2, 0.25) is 5.02 Å². The fraction of sp³-hybridized carbons (Fsp3) is 0.356. The van der Waals surface area contributed by atoms with Gasteiger partial charge in [-0.1, -0.05) is 84.1 Å². The van der Waals surface area contributed by atoms with E-state index >= 15 is 0 Å². The standard InChI is InChI=1S/C45H49ClN6O2S/c1-55(53,54)51-26-23-44-41(33-51)45(48-52(44)25-8-24-49-27-29-50(30-28-49)39-11-3-2-4-12-39)38-21-22-42(46)37(31-38)20-19-34-15-17-35(18-16-34)32-47-43-14-7-10-36-9-5-6-13-40(36)43/h2-6,9,11-13,15-18,21-22,31,43,47H,7-8,10,14,23-30,32-33H2,1H3. The molecule has 0 saturated carbocycles. The van der Waals surface area contributed by atoms with Crippen LogP contribution in [-0.4, -0.2) is 72.9 Å². The molecule has 2 aliphatic heterocycles. The van der Waals surface area contributed by atoms with Crippen molar-refractivity contribution in [1.29, 1.82) is 0 Å². The van der Waals surface area contributed by atoms with E-state index in [-0.39, 0.29) is 0 Å². The average molecular weight is 773 g/mol. The number of rotatable bonds is 10. The van der Waals surface area contributed by atoms with Crippen LogP contribution >= 0.6 is 11.6 Å². The van der Waals surface area contributed by atoms with Crippen molar-refractivity contribution in [1.82, 2.24) is 24.3 Å². The highest BCUT2D eigenvalue weighted by molar-refractivity contribution is 7.88. The predicted octanol–water partition coefficient (Wildman–Crippen LogP) is 7.30. The maximum atomic E-state index is 12.7. The lowest BCUT2D eigenvalue weighted by Gasteiger charge is -2.36. The number of sulfonamides is 1. The number of aromatic nitrogens is 2. The summed E-state index contributed by atoms with van der Waals surface area (Å²) in [6.07, 6.45) is 6.42. The highest BCUT2D eigenvalue weighted by Crippen LogP contribution is 2.33. The Bertz CT molecular complexity index is 2290. The van der Waals surface area contributed by atoms with Crippen molar-refractivity contribution in [2.45, 2.75) is 57.8 Å². The van der Waals surface area contributed by atoms with Gasteiger partial charge in [-0.15, -0.1) is 0 Å². The molecule has 1 saturated heterocycles. The number of fused-ring (bicyclic) bond motifs is 2. The molecule has 3 heterocycles. The number of benzene rings is 4. The van der Waals surface area contributed by atoms with Crippen molar-refractivity contribution < 1.29 is 8.42 Å². The van der Waals surface area contributed by atoms with Gasteiger partial charge in [0.25, 0.3) is 0 Å². The van der Waals surface area contributed by atoms with E-state index in [9.17, 15) is 8.42 Å². The Hall–Kier alpha value is -4.43. The van der Waals surface area contributed by atoms with Gasteiger partial charge in [0, 0.05) is 105 Å². The Labute approximate surface area is 331 Å². The number of hydrogen-bond donors (Lipinski definition) is 1. The summed E-state index contributed by atoms with van der Waals surface area (Å²) in [5.74, 6) is 6.63. The monoisotopic (exact) mass is 772 g/mol. The van der Waals surface area contributed by atoms with E-state index in [1.165, 1.54) is 35.1 Å². The zero-order valence-electron chi connectivity index (χ0n) is 31.6. The minimum Gasteiger partial charge on any atom is -0.369 e. The smallest absolute Gasteiger partial charge is 0.211 e. The second-order valence-electron chi connectivity index (χ2n) is 15.0. The maximum absolute atomic E-state index is 12.7. The van der Waals surface area contributed by atoms with Crippen LogP contribution in [-0.2, 0) is 42.5 Å². The molecule has 3 aliphatic rings. The van der Waals surface area contributed by atoms with E-state index < -0.39 is 10.0 Å². The molecule has 8 nitrogen and oxygen atoms in total. The Morgan fingerprint density at radius 1 is 0.855 bits per heavy atom. The summed E-state index contributed by atoms with van der Waals surface area (Å²) in [6, 6.07) is 34.1. The van der Waals surface area contributed by atoms with Crippen LogP contribution in [0.3, 0.4) is 0 Å². The molecular formula is C45H49ClN6O2S. The first-order chi connectivity index (χ1) is 26.8. The van der Waals surface area contributed by atoms with Gasteiger partial charge in [0.05, 0.1) is 17.0 Å². The molecule has 4 aromatic carbocycles. The molecule has 10 heteroatoms. The number of anilines is 1. The highest BCUT2D eigenvalue weighted by Gasteiger charge is 2.30. The van der Waals surface area contributed by atoms with Crippen molar-refractivity contribution in [3.63, 3.8) is 0 Å². The number of nitrogens with one attached hydrogen (secondary N) is 1. The van der Waals surface area contributed by atoms with Gasteiger partial charge < -0.3 is 10.2 Å². The van der Waals surface area contributed by atoms with Crippen LogP contribution in [0.4, 0.5) is 5.69 Å². The quantitative estimate of drug-likeness (QED) is 0.150. The molecule has 55 heavy (non-hydrogen) atoms. The third-order valence-corrected chi connectivity index (χ3v) is 12.9. The molecule has 1 unspecified atom stereocenters. The first-order valence-electron chi connectivity index (χ1n) is 19.6. The number of piperazine rings is 1. The summed E-state index contributed by atoms with van der Waals surface area (Å²) in [7, 11) is -3.36. The summed E-state index contributed by atoms with van der Waals surface area (Å²) in [6.45, 7) is 7.46. The minimum absolute atomic E-state index is 0.309. The highest BCUT2D eigenvalue weighted by atomic mass is 35.5. The van der Waals surface area contributed by atoms with E-state index in [0.717, 1.165) is 98.7 Å². The first kappa shape index (κ1) is 37.5. The van der Waals surface area contributed by atoms with Crippen LogP contribution in [0.5, 0.6) is 0 Å². The number of para-hydroxylation sites is 1. The van der Waals surface area contributed by atoms with Crippen molar-refractivity contribution >= 4 is 27.3 Å². The van der Waals surface area contributed by atoms with E-state index in [2.05, 4.69) is 111 Å². The molecule has 1 N–H and O–H groups in total. The van der Waals surface area contributed by atoms with Gasteiger partial charge in [0.1, 0.15) is 0 Å². The van der Waals surface area contributed by atoms with Crippen LogP contribution in [0, 0.1) is 11.8 Å². The number of nitrogens with zero attached hydrogens (tertiary/aromatic N) is 5. The Balaban J connectivity index is 0.950. The van der Waals surface area contributed by atoms with Crippen molar-refractivity contribution in [2.75, 3.05) is 50.4 Å². The molecule has 1 fully saturated rings. The number of halogens is 1. The fourth-order valence-corrected chi connectivity index (χ4v) is 9.25. The first-order valence-corrected chi connectivity index (χ1v) is 21.8. The van der Waals surface area contributed by atoms with Crippen LogP contribution < -0.4 is 10.2 Å². The second-order valence-corrected chi connectivity index (χ2v) is 17.4. The Morgan fingerprint density at radius 2 is 1.64 bits per heavy atom. The van der Waals surface area contributed by atoms with Crippen molar-refractivity contribution in [3.8, 4) is 23.1 Å². The topological polar surface area (TPSA) is 73.7 Å². The van der Waals surface area contributed by atoms with Gasteiger partial charge in [-0.2, -0.15) is 9.40 Å². The maximum Gasteiger partial charge on any atom is 0.211 e. The normalized spacial score (nSPS) is 17.6. The fourth-order valence-electron chi connectivity index (χ4n) is 8.30. The summed E-state index contributed by atoms with van der Waals surface area (Å²) >= 11 is 6.71. The summed E-state index contributed by atoms with van der Waals surface area (Å²) in [4.78, 5) is 4.99. The second kappa shape index (κ2) is 16.7. The van der Waals surface area contributed by atoms with E-state index in [4.69, 9.17) is 16.7 Å². The molecule has 5 aromatic rings. The summed E-state index contributed by atoms with van der Waals surface area (Å²) in [5, 5.41) is 9.49. The average Bonchev–Trinajstić information content (AvgIpc) is 3.58. The predicted molar refractivity (Wildman–Crippen MR) is 223 cm³/mol. The molecular weight excluding hydrogens is 724 g/mol. The zero-order valence-corrected chi connectivity index (χ0v) is 33.1. The molecule has 0 bridgehead atoms. The SMILES string of the molecule is CS(=O)(=O)N1CCc2c(c(-c3ccc(Cl)c(C#Cc4ccc(CNC5CCCc6ccccc65)cc4)c3)nn2CCCN2CCN(c3ccccc3)CC2)C1. The summed E-state index contributed by atoms with van der Waals surface area (Å²) < 4.78 is 29.0.